The average Bonchev–Trinajstić information content (AvgIpc) is 3.82. The number of H-pyrrole nitrogens is 1. The molecule has 0 spiro atoms. The summed E-state index contributed by atoms with van der Waals surface area (Å²) in [7, 11) is -3.36. The van der Waals surface area contributed by atoms with Gasteiger partial charge in [0.05, 0.1) is 59.3 Å². The number of carbonyl (C=O) groups excluding carboxylic acids is 2. The van der Waals surface area contributed by atoms with E-state index in [1.54, 1.807) is 24.2 Å². The molecule has 15 nitrogen and oxygen atoms in total. The Morgan fingerprint density at radius 1 is 0.762 bits per heavy atom. The zero-order valence-electron chi connectivity index (χ0n) is 35.6. The van der Waals surface area contributed by atoms with Crippen molar-refractivity contribution in [1.82, 2.24) is 29.3 Å². The van der Waals surface area contributed by atoms with Crippen LogP contribution >= 0.6 is 23.2 Å². The Balaban J connectivity index is 0.000000169. The molecule has 0 aliphatic carbocycles. The van der Waals surface area contributed by atoms with Crippen LogP contribution in [0.4, 0.5) is 22.7 Å². The number of rotatable bonds is 5. The minimum Gasteiger partial charge on any atom is -0.396 e. The minimum atomic E-state index is -3.36. The monoisotopic (exact) mass is 910 g/mol. The molecule has 2 aliphatic rings. The summed E-state index contributed by atoms with van der Waals surface area (Å²) in [5.41, 5.74) is 21.2. The molecule has 0 atom stereocenters. The first kappa shape index (κ1) is 46.3. The van der Waals surface area contributed by atoms with Gasteiger partial charge in [0.1, 0.15) is 0 Å². The van der Waals surface area contributed by atoms with Gasteiger partial charge >= 0.3 is 0 Å². The molecule has 0 radical (unpaired) electrons. The van der Waals surface area contributed by atoms with Crippen LogP contribution in [0.1, 0.15) is 56.7 Å². The second-order valence-corrected chi connectivity index (χ2v) is 18.0. The maximum absolute atomic E-state index is 11.7. The molecule has 5 N–H and O–H groups in total. The molecule has 2 fully saturated rings. The number of nitrogens with two attached hydrogens (primary N) is 2. The third-order valence-electron chi connectivity index (χ3n) is 11.3. The van der Waals surface area contributed by atoms with Gasteiger partial charge in [0, 0.05) is 104 Å². The van der Waals surface area contributed by atoms with Crippen molar-refractivity contribution in [2.45, 2.75) is 65.5 Å². The van der Waals surface area contributed by atoms with E-state index in [0.717, 1.165) is 87.4 Å². The molecule has 8 rings (SSSR count). The molecule has 2 aliphatic heterocycles. The second kappa shape index (κ2) is 19.5. The number of pyridine rings is 2. The first-order valence-electron chi connectivity index (χ1n) is 20.1. The van der Waals surface area contributed by atoms with Gasteiger partial charge in [0.2, 0.25) is 11.8 Å². The van der Waals surface area contributed by atoms with Gasteiger partial charge in [-0.1, -0.05) is 23.2 Å². The predicted octanol–water partition coefficient (Wildman–Crippen LogP) is 9.28. The number of halogens is 2. The van der Waals surface area contributed by atoms with Crippen molar-refractivity contribution in [3.63, 3.8) is 0 Å². The molecular weight excluding hydrogens is 864 g/mol. The number of hydrogen-bond acceptors (Lipinski definition) is 9. The molecular formula is C45H48Cl2N10O5S. The number of carbonyl (C=O) groups is 2. The minimum absolute atomic E-state index is 0.0304. The van der Waals surface area contributed by atoms with Crippen molar-refractivity contribution in [3.05, 3.63) is 105 Å². The zero-order chi connectivity index (χ0) is 45.7. The fourth-order valence-electron chi connectivity index (χ4n) is 7.91. The Morgan fingerprint density at radius 2 is 1.25 bits per heavy atom. The summed E-state index contributed by atoms with van der Waals surface area (Å²) in [5.74, 6) is 0.152. The van der Waals surface area contributed by atoms with Crippen molar-refractivity contribution in [2.75, 3.05) is 43.9 Å². The summed E-state index contributed by atoms with van der Waals surface area (Å²) in [6.45, 7) is 24.4. The average molecular weight is 912 g/mol. The number of nitrogens with one attached hydrogen (secondary N) is 1. The predicted molar refractivity (Wildman–Crippen MR) is 249 cm³/mol. The number of hydrogen-bond donors (Lipinski definition) is 3. The fourth-order valence-corrected chi connectivity index (χ4v) is 8.99. The molecule has 18 heteroatoms. The van der Waals surface area contributed by atoms with Crippen LogP contribution in [-0.2, 0) is 23.9 Å². The first-order chi connectivity index (χ1) is 29.9. The van der Waals surface area contributed by atoms with Gasteiger partial charge in [0.25, 0.3) is 10.1 Å². The Kier molecular flexibility index (Phi) is 14.3. The summed E-state index contributed by atoms with van der Waals surface area (Å²) in [4.78, 5) is 44.9. The number of likely N-dealkylation sites (tertiary alicyclic amines) is 2. The van der Waals surface area contributed by atoms with E-state index in [9.17, 15) is 18.0 Å². The van der Waals surface area contributed by atoms with Crippen LogP contribution in [0.25, 0.3) is 53.7 Å². The third kappa shape index (κ3) is 10.6. The number of nitrogens with zero attached hydrogens (tertiary/aromatic N) is 7. The summed E-state index contributed by atoms with van der Waals surface area (Å²) < 4.78 is 28.7. The number of nitrogen functional groups attached to an aromatic ring is 2. The molecule has 2 aromatic carbocycles. The topological polar surface area (TPSA) is 191 Å². The molecule has 6 heterocycles. The largest absolute Gasteiger partial charge is 0.396 e. The highest BCUT2D eigenvalue weighted by atomic mass is 35.5. The number of aromatic nitrogens is 4. The first-order valence-corrected chi connectivity index (χ1v) is 22.7. The highest BCUT2D eigenvalue weighted by Crippen LogP contribution is 2.42. The van der Waals surface area contributed by atoms with Crippen molar-refractivity contribution in [1.29, 1.82) is 0 Å². The van der Waals surface area contributed by atoms with E-state index in [1.165, 1.54) is 19.3 Å². The molecule has 2 amide bonds. The van der Waals surface area contributed by atoms with Gasteiger partial charge in [-0.15, -0.1) is 0 Å². The fraction of sp³-hybridized carbons (Fsp3) is 0.333. The lowest BCUT2D eigenvalue weighted by Crippen LogP contribution is -2.40. The Morgan fingerprint density at radius 3 is 1.76 bits per heavy atom. The Bertz CT molecular complexity index is 2900. The van der Waals surface area contributed by atoms with E-state index in [1.807, 2.05) is 43.1 Å². The van der Waals surface area contributed by atoms with Crippen LogP contribution in [-0.4, -0.2) is 88.1 Å². The van der Waals surface area contributed by atoms with Crippen molar-refractivity contribution >= 4 is 89.7 Å². The highest BCUT2D eigenvalue weighted by molar-refractivity contribution is 7.86. The molecule has 0 unspecified atom stereocenters. The lowest BCUT2D eigenvalue weighted by Gasteiger charge is -2.32. The molecule has 2 saturated heterocycles. The lowest BCUT2D eigenvalue weighted by molar-refractivity contribution is -0.131. The van der Waals surface area contributed by atoms with Crippen LogP contribution in [0.5, 0.6) is 0 Å². The quantitative estimate of drug-likeness (QED) is 0.112. The number of aryl methyl sites for hydroxylation is 2. The lowest BCUT2D eigenvalue weighted by atomic mass is 10.0. The normalized spacial score (nSPS) is 14.6. The van der Waals surface area contributed by atoms with Crippen molar-refractivity contribution in [2.24, 2.45) is 0 Å². The molecule has 6 aromatic rings. The Hall–Kier alpha value is -6.17. The number of anilines is 2. The number of fused-ring (bicyclic) bond motifs is 2. The van der Waals surface area contributed by atoms with E-state index < -0.39 is 10.1 Å². The maximum atomic E-state index is 11.7. The van der Waals surface area contributed by atoms with E-state index in [4.69, 9.17) is 52.0 Å². The van der Waals surface area contributed by atoms with Crippen LogP contribution in [0.3, 0.4) is 0 Å². The Labute approximate surface area is 376 Å². The summed E-state index contributed by atoms with van der Waals surface area (Å²) >= 11 is 12.8. The van der Waals surface area contributed by atoms with Crippen LogP contribution < -0.4 is 11.5 Å². The van der Waals surface area contributed by atoms with Crippen molar-refractivity contribution in [3.8, 4) is 22.3 Å². The standard InChI is InChI=1S/C22H22ClN5O.C15H11ClN4.C8H15NO4S/c1-13-8-21-16(9-20(13)25-3)18(17-10-26-11-19(24)22(17)23)12-28(21)15-4-6-27(7-5-15)14(2)29;1-8-3-14-9(4-13(8)18-2)10(6-20-14)11-5-19-7-12(17)15(11)16;1-7(10)9-5-3-8(4-6-9)13-14(2,11)12/h8-12,15H,4-7,24H2,1-2H3;3-7,20H,17H2,1H3;8H,3-6H2,1-2H3. The molecule has 4 aromatic heterocycles. The number of piperidine rings is 2. The van der Waals surface area contributed by atoms with Crippen LogP contribution in [0, 0.1) is 27.0 Å². The molecule has 0 bridgehead atoms. The third-order valence-corrected chi connectivity index (χ3v) is 12.8. The highest BCUT2D eigenvalue weighted by Gasteiger charge is 2.26. The van der Waals surface area contributed by atoms with Gasteiger partial charge in [0.15, 0.2) is 11.4 Å². The summed E-state index contributed by atoms with van der Waals surface area (Å²) in [6.07, 6.45) is 14.1. The van der Waals surface area contributed by atoms with Crippen LogP contribution in [0.2, 0.25) is 10.0 Å². The SMILES string of the molecule is CC(=O)N1CCC(OS(C)(=O)=O)CC1.[C-]#[N+]c1cc2c(-c3cncc(N)c3Cl)c[nH]c2cc1C.[C-]#[N+]c1cc2c(-c3cncc(N)c3Cl)cn(C3CCN(C(C)=O)CC3)c2cc1C. The van der Waals surface area contributed by atoms with Gasteiger partial charge in [-0.3, -0.25) is 23.7 Å². The van der Waals surface area contributed by atoms with Gasteiger partial charge in [-0.2, -0.15) is 8.42 Å². The van der Waals surface area contributed by atoms with Gasteiger partial charge < -0.3 is 30.8 Å². The second-order valence-electron chi connectivity index (χ2n) is 15.6. The molecule has 63 heavy (non-hydrogen) atoms. The van der Waals surface area contributed by atoms with Crippen LogP contribution in [0.15, 0.2) is 61.4 Å². The smallest absolute Gasteiger partial charge is 0.264 e. The summed E-state index contributed by atoms with van der Waals surface area (Å²) in [5, 5.41) is 2.85. The summed E-state index contributed by atoms with van der Waals surface area (Å²) in [6, 6.07) is 8.08. The number of amides is 2. The van der Waals surface area contributed by atoms with E-state index in [0.29, 0.717) is 58.7 Å². The van der Waals surface area contributed by atoms with Gasteiger partial charge in [-0.05, 0) is 85.7 Å². The van der Waals surface area contributed by atoms with Crippen molar-refractivity contribution < 1.29 is 22.2 Å². The van der Waals surface area contributed by atoms with E-state index >= 15 is 0 Å². The maximum Gasteiger partial charge on any atom is 0.264 e. The number of benzene rings is 2. The van der Waals surface area contributed by atoms with Gasteiger partial charge in [-0.25, -0.2) is 9.69 Å². The van der Waals surface area contributed by atoms with E-state index in [-0.39, 0.29) is 24.0 Å². The number of aromatic amines is 1. The van der Waals surface area contributed by atoms with E-state index in [2.05, 4.69) is 41.5 Å². The molecule has 0 saturated carbocycles. The molecule has 328 valence electrons. The zero-order valence-corrected chi connectivity index (χ0v) is 37.9.